The molecule has 0 saturated heterocycles. The fourth-order valence-corrected chi connectivity index (χ4v) is 5.96. The number of carbonyl (C=O) groups excluding carboxylic acids is 3. The van der Waals surface area contributed by atoms with Gasteiger partial charge < -0.3 is 24.8 Å². The van der Waals surface area contributed by atoms with Crippen molar-refractivity contribution in [1.29, 1.82) is 0 Å². The molecule has 5 rings (SSSR count). The topological polar surface area (TPSA) is 122 Å². The van der Waals surface area contributed by atoms with Gasteiger partial charge in [0, 0.05) is 13.0 Å². The van der Waals surface area contributed by atoms with Gasteiger partial charge in [0.1, 0.15) is 18.8 Å². The Kier molecular flexibility index (Phi) is 9.43. The number of nitrogens with one attached hydrogen (secondary N) is 1. The molecule has 3 aromatic rings. The van der Waals surface area contributed by atoms with Crippen molar-refractivity contribution < 1.29 is 33.8 Å². The van der Waals surface area contributed by atoms with Crippen LogP contribution in [0.4, 0.5) is 4.79 Å². The number of amides is 2. The summed E-state index contributed by atoms with van der Waals surface area (Å²) in [7, 11) is 1.58. The van der Waals surface area contributed by atoms with Gasteiger partial charge in [-0.1, -0.05) is 91.0 Å². The number of fused-ring (bicyclic) bond motifs is 3. The van der Waals surface area contributed by atoms with E-state index < -0.39 is 42.1 Å². The molecule has 1 aliphatic carbocycles. The van der Waals surface area contributed by atoms with Crippen LogP contribution in [0.1, 0.15) is 54.9 Å². The Morgan fingerprint density at radius 2 is 1.50 bits per heavy atom. The number of hydrogen-bond donors (Lipinski definition) is 2. The Balaban J connectivity index is 1.35. The molecule has 0 unspecified atom stereocenters. The number of benzene rings is 3. The number of esters is 1. The molecule has 9 nitrogen and oxygen atoms in total. The number of alkyl carbamates (subject to hydrolysis) is 1. The number of nitrogens with zero attached hydrogens (tertiary/aromatic N) is 1. The second kappa shape index (κ2) is 13.6. The summed E-state index contributed by atoms with van der Waals surface area (Å²) < 4.78 is 11.7. The molecule has 2 N–H and O–H groups in total. The molecule has 2 aliphatic rings. The predicted molar refractivity (Wildman–Crippen MR) is 164 cm³/mol. The maximum absolute atomic E-state index is 13.6. The number of likely N-dealkylation sites (N-methyl/N-ethyl adjacent to an activating group) is 1. The van der Waals surface area contributed by atoms with Crippen molar-refractivity contribution >= 4 is 23.9 Å². The molecule has 1 aliphatic heterocycles. The minimum Gasteiger partial charge on any atom is -0.481 e. The van der Waals surface area contributed by atoms with Gasteiger partial charge in [0.25, 0.3) is 0 Å². The Hall–Kier alpha value is -4.92. The van der Waals surface area contributed by atoms with E-state index in [0.29, 0.717) is 5.56 Å². The second-order valence-electron chi connectivity index (χ2n) is 11.2. The third kappa shape index (κ3) is 6.67. The number of hydrogen-bond acceptors (Lipinski definition) is 6. The Labute approximate surface area is 256 Å². The van der Waals surface area contributed by atoms with Gasteiger partial charge in [0.05, 0.1) is 18.4 Å². The van der Waals surface area contributed by atoms with Crippen molar-refractivity contribution in [1.82, 2.24) is 10.2 Å². The highest BCUT2D eigenvalue weighted by molar-refractivity contribution is 5.84. The largest absolute Gasteiger partial charge is 0.481 e. The van der Waals surface area contributed by atoms with Crippen LogP contribution in [0.3, 0.4) is 0 Å². The summed E-state index contributed by atoms with van der Waals surface area (Å²) in [5.74, 6) is -3.04. The third-order valence-electron chi connectivity index (χ3n) is 8.42. The van der Waals surface area contributed by atoms with E-state index in [9.17, 15) is 24.3 Å². The molecule has 0 bridgehead atoms. The molecule has 9 heteroatoms. The summed E-state index contributed by atoms with van der Waals surface area (Å²) in [5.41, 5.74) is 5.02. The van der Waals surface area contributed by atoms with Crippen LogP contribution in [0.25, 0.3) is 11.1 Å². The lowest BCUT2D eigenvalue weighted by atomic mass is 9.95. The lowest BCUT2D eigenvalue weighted by molar-refractivity contribution is -0.158. The van der Waals surface area contributed by atoms with Crippen molar-refractivity contribution in [2.75, 3.05) is 13.7 Å². The van der Waals surface area contributed by atoms with Gasteiger partial charge in [-0.3, -0.25) is 9.59 Å². The minimum atomic E-state index is -1.08. The van der Waals surface area contributed by atoms with Gasteiger partial charge in [-0.25, -0.2) is 9.59 Å². The number of cyclic esters (lactones) is 1. The Bertz CT molecular complexity index is 1510. The number of carboxylic acids is 1. The van der Waals surface area contributed by atoms with Crippen molar-refractivity contribution in [2.45, 2.75) is 50.3 Å². The highest BCUT2D eigenvalue weighted by Crippen LogP contribution is 2.44. The average molecular weight is 597 g/mol. The maximum atomic E-state index is 13.6. The number of allylic oxidation sites excluding steroid dienone is 1. The van der Waals surface area contributed by atoms with Crippen molar-refractivity contribution in [2.24, 2.45) is 5.92 Å². The quantitative estimate of drug-likeness (QED) is 0.286. The fourth-order valence-electron chi connectivity index (χ4n) is 5.96. The van der Waals surface area contributed by atoms with Crippen LogP contribution >= 0.6 is 0 Å². The van der Waals surface area contributed by atoms with Gasteiger partial charge in [-0.05, 0) is 47.6 Å². The summed E-state index contributed by atoms with van der Waals surface area (Å²) in [4.78, 5) is 53.0. The molecule has 3 aromatic carbocycles. The minimum absolute atomic E-state index is 0.0722. The van der Waals surface area contributed by atoms with E-state index in [2.05, 4.69) is 17.4 Å². The zero-order valence-corrected chi connectivity index (χ0v) is 24.7. The first-order chi connectivity index (χ1) is 21.2. The Morgan fingerprint density at radius 1 is 0.909 bits per heavy atom. The number of aliphatic carboxylic acids is 1. The summed E-state index contributed by atoms with van der Waals surface area (Å²) in [6.45, 7) is 1.83. The summed E-state index contributed by atoms with van der Waals surface area (Å²) in [6.07, 6.45) is 1.61. The fraction of sp³-hybridized carbons (Fsp3) is 0.314. The van der Waals surface area contributed by atoms with E-state index in [1.165, 1.54) is 4.90 Å². The Morgan fingerprint density at radius 3 is 2.14 bits per heavy atom. The predicted octanol–water partition coefficient (Wildman–Crippen LogP) is 5.47. The van der Waals surface area contributed by atoms with Crippen LogP contribution in [0.5, 0.6) is 0 Å². The monoisotopic (exact) mass is 596 g/mol. The normalized spacial score (nSPS) is 22.9. The molecule has 0 saturated carbocycles. The average Bonchev–Trinajstić information content (AvgIpc) is 3.35. The summed E-state index contributed by atoms with van der Waals surface area (Å²) >= 11 is 0. The van der Waals surface area contributed by atoms with Gasteiger partial charge in [0.15, 0.2) is 0 Å². The standard InChI is InChI=1S/C35H36N2O7/c1-22-32(23-12-4-3-5-13-23)44-34(41)30(19-11-6-14-24(20-31(38)39)33(40)37(22)2)36-35(42)43-21-29-27-17-9-7-15-25(27)26-16-8-10-18-28(26)29/h3-13,15-18,22,24,29-30,32H,14,19-21H2,1-2H3,(H,36,42)(H,38,39)/b11-6-/t22-,24-,30-,32-/m0/s1. The van der Waals surface area contributed by atoms with Gasteiger partial charge in [-0.2, -0.15) is 0 Å². The van der Waals surface area contributed by atoms with Crippen LogP contribution in [-0.2, 0) is 23.9 Å². The number of carbonyl (C=O) groups is 4. The van der Waals surface area contributed by atoms with E-state index in [4.69, 9.17) is 9.47 Å². The van der Waals surface area contributed by atoms with Crippen molar-refractivity contribution in [3.05, 3.63) is 108 Å². The van der Waals surface area contributed by atoms with E-state index in [1.54, 1.807) is 50.4 Å². The maximum Gasteiger partial charge on any atom is 0.407 e. The van der Waals surface area contributed by atoms with Crippen molar-refractivity contribution in [3.8, 4) is 11.1 Å². The van der Waals surface area contributed by atoms with Crippen molar-refractivity contribution in [3.63, 3.8) is 0 Å². The second-order valence-corrected chi connectivity index (χ2v) is 11.2. The molecular formula is C35H36N2O7. The van der Waals surface area contributed by atoms with Gasteiger partial charge in [0.2, 0.25) is 5.91 Å². The van der Waals surface area contributed by atoms with E-state index in [-0.39, 0.29) is 37.7 Å². The first-order valence-electron chi connectivity index (χ1n) is 14.7. The van der Waals surface area contributed by atoms with Crippen LogP contribution in [0.2, 0.25) is 0 Å². The van der Waals surface area contributed by atoms with Crippen LogP contribution in [-0.4, -0.2) is 59.7 Å². The molecule has 2 amide bonds. The lowest BCUT2D eigenvalue weighted by Gasteiger charge is -2.34. The van der Waals surface area contributed by atoms with E-state index >= 15 is 0 Å². The van der Waals surface area contributed by atoms with Gasteiger partial charge >= 0.3 is 18.0 Å². The molecule has 1 heterocycles. The summed E-state index contributed by atoms with van der Waals surface area (Å²) in [5, 5.41) is 12.1. The first kappa shape index (κ1) is 30.5. The lowest BCUT2D eigenvalue weighted by Crippen LogP contribution is -2.47. The molecular weight excluding hydrogens is 560 g/mol. The highest BCUT2D eigenvalue weighted by Gasteiger charge is 2.35. The number of ether oxygens (including phenoxy) is 2. The SMILES string of the molecule is C[C@H]1[C@@H](c2ccccc2)OC(=O)[C@@H](NC(=O)OCC2c3ccccc3-c3ccccc32)C/C=C\C[C@@H](CC(=O)O)C(=O)N1C. The molecule has 0 radical (unpaired) electrons. The molecule has 0 spiro atoms. The van der Waals surface area contributed by atoms with E-state index in [0.717, 1.165) is 22.3 Å². The van der Waals surface area contributed by atoms with Crippen LogP contribution in [0, 0.1) is 5.92 Å². The molecule has 0 fully saturated rings. The number of rotatable bonds is 6. The smallest absolute Gasteiger partial charge is 0.407 e. The number of carboxylic acid groups (broad SMARTS) is 1. The van der Waals surface area contributed by atoms with E-state index in [1.807, 2.05) is 42.5 Å². The first-order valence-corrected chi connectivity index (χ1v) is 14.7. The zero-order chi connectivity index (χ0) is 31.2. The van der Waals surface area contributed by atoms with Crippen LogP contribution in [0.15, 0.2) is 91.0 Å². The zero-order valence-electron chi connectivity index (χ0n) is 24.7. The molecule has 4 atom stereocenters. The molecule has 0 aromatic heterocycles. The third-order valence-corrected chi connectivity index (χ3v) is 8.42. The summed E-state index contributed by atoms with van der Waals surface area (Å²) in [6, 6.07) is 23.4. The molecule has 44 heavy (non-hydrogen) atoms. The molecule has 228 valence electrons. The highest BCUT2D eigenvalue weighted by atomic mass is 16.6. The van der Waals surface area contributed by atoms with Gasteiger partial charge in [-0.15, -0.1) is 0 Å². The van der Waals surface area contributed by atoms with Crippen LogP contribution < -0.4 is 5.32 Å².